The van der Waals surface area contributed by atoms with Crippen molar-refractivity contribution in [1.82, 2.24) is 0 Å². The van der Waals surface area contributed by atoms with Crippen LogP contribution in [0.5, 0.6) is 0 Å². The van der Waals surface area contributed by atoms with Crippen LogP contribution in [-0.4, -0.2) is 14.1 Å². The summed E-state index contributed by atoms with van der Waals surface area (Å²) in [6.45, 7) is 5.87. The standard InChI is InChI=1S/C11H15N/c1-5-10-7-6-9(2)8-11(10)12(3)4/h5-8H,1H2,2-4H3. The summed E-state index contributed by atoms with van der Waals surface area (Å²) >= 11 is 0. The van der Waals surface area contributed by atoms with E-state index in [1.165, 1.54) is 16.8 Å². The van der Waals surface area contributed by atoms with Gasteiger partial charge >= 0.3 is 0 Å². The lowest BCUT2D eigenvalue weighted by molar-refractivity contribution is 1.12. The smallest absolute Gasteiger partial charge is 0.0437 e. The van der Waals surface area contributed by atoms with Crippen LogP contribution in [-0.2, 0) is 0 Å². The second kappa shape index (κ2) is 3.44. The Morgan fingerprint density at radius 3 is 2.50 bits per heavy atom. The lowest BCUT2D eigenvalue weighted by Gasteiger charge is -2.16. The van der Waals surface area contributed by atoms with Crippen molar-refractivity contribution in [2.45, 2.75) is 6.92 Å². The van der Waals surface area contributed by atoms with E-state index in [0.717, 1.165) is 0 Å². The van der Waals surface area contributed by atoms with E-state index < -0.39 is 0 Å². The van der Waals surface area contributed by atoms with Gasteiger partial charge in [0.2, 0.25) is 0 Å². The van der Waals surface area contributed by atoms with Gasteiger partial charge in [-0.25, -0.2) is 0 Å². The van der Waals surface area contributed by atoms with Gasteiger partial charge in [-0.1, -0.05) is 24.8 Å². The van der Waals surface area contributed by atoms with E-state index >= 15 is 0 Å². The quantitative estimate of drug-likeness (QED) is 0.644. The van der Waals surface area contributed by atoms with Crippen LogP contribution < -0.4 is 4.90 Å². The highest BCUT2D eigenvalue weighted by Gasteiger charge is 2.00. The Bertz CT molecular complexity index is 287. The molecule has 0 aromatic heterocycles. The Kier molecular flexibility index (Phi) is 2.54. The summed E-state index contributed by atoms with van der Waals surface area (Å²) in [4.78, 5) is 2.10. The van der Waals surface area contributed by atoms with Gasteiger partial charge in [-0.05, 0) is 24.1 Å². The maximum Gasteiger partial charge on any atom is 0.0437 e. The summed E-state index contributed by atoms with van der Waals surface area (Å²) in [7, 11) is 4.09. The van der Waals surface area contributed by atoms with Gasteiger partial charge in [0, 0.05) is 19.8 Å². The molecule has 12 heavy (non-hydrogen) atoms. The first kappa shape index (κ1) is 8.85. The fourth-order valence-electron chi connectivity index (χ4n) is 1.21. The molecule has 0 aliphatic carbocycles. The normalized spacial score (nSPS) is 9.58. The van der Waals surface area contributed by atoms with Crippen molar-refractivity contribution in [3.05, 3.63) is 35.9 Å². The summed E-state index contributed by atoms with van der Waals surface area (Å²) in [5.41, 5.74) is 3.69. The van der Waals surface area contributed by atoms with Crippen molar-refractivity contribution in [2.75, 3.05) is 19.0 Å². The maximum absolute atomic E-state index is 3.78. The molecule has 1 nitrogen and oxygen atoms in total. The van der Waals surface area contributed by atoms with Gasteiger partial charge in [-0.3, -0.25) is 0 Å². The SMILES string of the molecule is C=Cc1ccc(C)cc1N(C)C. The molecule has 0 saturated heterocycles. The molecule has 0 aliphatic rings. The monoisotopic (exact) mass is 161 g/mol. The second-order valence-electron chi connectivity index (χ2n) is 3.16. The molecule has 1 heteroatoms. The molecule has 1 rings (SSSR count). The van der Waals surface area contributed by atoms with Crippen LogP contribution in [0.3, 0.4) is 0 Å². The molecule has 0 fully saturated rings. The van der Waals surface area contributed by atoms with Crippen LogP contribution >= 0.6 is 0 Å². The van der Waals surface area contributed by atoms with Gasteiger partial charge in [0.15, 0.2) is 0 Å². The van der Waals surface area contributed by atoms with Crippen molar-refractivity contribution in [3.8, 4) is 0 Å². The Balaban J connectivity index is 3.21. The minimum Gasteiger partial charge on any atom is -0.377 e. The van der Waals surface area contributed by atoms with Crippen molar-refractivity contribution in [1.29, 1.82) is 0 Å². The van der Waals surface area contributed by atoms with E-state index in [1.807, 2.05) is 20.2 Å². The molecule has 0 amide bonds. The van der Waals surface area contributed by atoms with Gasteiger partial charge in [0.05, 0.1) is 0 Å². The predicted molar refractivity (Wildman–Crippen MR) is 55.6 cm³/mol. The number of hydrogen-bond acceptors (Lipinski definition) is 1. The first-order valence-electron chi connectivity index (χ1n) is 4.05. The Morgan fingerprint density at radius 1 is 1.33 bits per heavy atom. The molecule has 0 radical (unpaired) electrons. The number of anilines is 1. The third-order valence-electron chi connectivity index (χ3n) is 1.89. The number of nitrogens with zero attached hydrogens (tertiary/aromatic N) is 1. The van der Waals surface area contributed by atoms with Gasteiger partial charge in [-0.15, -0.1) is 0 Å². The second-order valence-corrected chi connectivity index (χ2v) is 3.16. The topological polar surface area (TPSA) is 3.24 Å². The predicted octanol–water partition coefficient (Wildman–Crippen LogP) is 2.70. The molecule has 0 aliphatic heterocycles. The zero-order valence-corrected chi connectivity index (χ0v) is 7.96. The first-order chi connectivity index (χ1) is 5.65. The molecule has 0 saturated carbocycles. The summed E-state index contributed by atoms with van der Waals surface area (Å²) < 4.78 is 0. The lowest BCUT2D eigenvalue weighted by atomic mass is 10.1. The zero-order chi connectivity index (χ0) is 9.14. The van der Waals surface area contributed by atoms with Crippen LogP contribution in [0.1, 0.15) is 11.1 Å². The molecule has 64 valence electrons. The van der Waals surface area contributed by atoms with Gasteiger partial charge < -0.3 is 4.90 Å². The van der Waals surface area contributed by atoms with E-state index in [0.29, 0.717) is 0 Å². The molecule has 0 N–H and O–H groups in total. The maximum atomic E-state index is 3.78. The molecule has 0 spiro atoms. The molecule has 0 heterocycles. The highest BCUT2D eigenvalue weighted by Crippen LogP contribution is 2.20. The Morgan fingerprint density at radius 2 is 2.00 bits per heavy atom. The van der Waals surface area contributed by atoms with Crippen LogP contribution in [0.15, 0.2) is 24.8 Å². The van der Waals surface area contributed by atoms with E-state index in [4.69, 9.17) is 0 Å². The van der Waals surface area contributed by atoms with Crippen LogP contribution in [0, 0.1) is 6.92 Å². The summed E-state index contributed by atoms with van der Waals surface area (Å²) in [6.07, 6.45) is 1.88. The molecular formula is C11H15N. The summed E-state index contributed by atoms with van der Waals surface area (Å²) in [6, 6.07) is 6.36. The van der Waals surface area contributed by atoms with Crippen LogP contribution in [0.25, 0.3) is 6.08 Å². The highest BCUT2D eigenvalue weighted by molar-refractivity contribution is 5.67. The molecule has 0 unspecified atom stereocenters. The Labute approximate surface area is 74.3 Å². The van der Waals surface area contributed by atoms with Crippen LogP contribution in [0.2, 0.25) is 0 Å². The van der Waals surface area contributed by atoms with Crippen molar-refractivity contribution < 1.29 is 0 Å². The largest absolute Gasteiger partial charge is 0.377 e. The van der Waals surface area contributed by atoms with E-state index in [1.54, 1.807) is 0 Å². The number of hydrogen-bond donors (Lipinski definition) is 0. The minimum atomic E-state index is 1.19. The van der Waals surface area contributed by atoms with E-state index in [9.17, 15) is 0 Å². The lowest BCUT2D eigenvalue weighted by Crippen LogP contribution is -2.10. The first-order valence-corrected chi connectivity index (χ1v) is 4.05. The number of benzene rings is 1. The molecular weight excluding hydrogens is 146 g/mol. The highest BCUT2D eigenvalue weighted by atomic mass is 15.1. The molecule has 1 aromatic carbocycles. The molecule has 0 atom stereocenters. The van der Waals surface area contributed by atoms with Crippen molar-refractivity contribution in [3.63, 3.8) is 0 Å². The summed E-state index contributed by atoms with van der Waals surface area (Å²) in [5, 5.41) is 0. The molecule has 1 aromatic rings. The van der Waals surface area contributed by atoms with E-state index in [-0.39, 0.29) is 0 Å². The summed E-state index contributed by atoms with van der Waals surface area (Å²) in [5.74, 6) is 0. The van der Waals surface area contributed by atoms with Gasteiger partial charge in [0.1, 0.15) is 0 Å². The third-order valence-corrected chi connectivity index (χ3v) is 1.89. The minimum absolute atomic E-state index is 1.19. The fourth-order valence-corrected chi connectivity index (χ4v) is 1.21. The molecule has 0 bridgehead atoms. The average molecular weight is 161 g/mol. The number of rotatable bonds is 2. The zero-order valence-electron chi connectivity index (χ0n) is 7.96. The third kappa shape index (κ3) is 1.67. The number of aryl methyl sites for hydroxylation is 1. The average Bonchev–Trinajstić information content (AvgIpc) is 2.04. The van der Waals surface area contributed by atoms with Gasteiger partial charge in [0.25, 0.3) is 0 Å². The van der Waals surface area contributed by atoms with Crippen LogP contribution in [0.4, 0.5) is 5.69 Å². The van der Waals surface area contributed by atoms with E-state index in [2.05, 4.69) is 36.6 Å². The fraction of sp³-hybridized carbons (Fsp3) is 0.273. The Hall–Kier alpha value is -1.24. The van der Waals surface area contributed by atoms with Crippen molar-refractivity contribution in [2.24, 2.45) is 0 Å². The van der Waals surface area contributed by atoms with Crippen molar-refractivity contribution >= 4 is 11.8 Å². The van der Waals surface area contributed by atoms with Gasteiger partial charge in [-0.2, -0.15) is 0 Å².